The second-order valence-corrected chi connectivity index (χ2v) is 7.22. The fourth-order valence-corrected chi connectivity index (χ4v) is 3.79. The quantitative estimate of drug-likeness (QED) is 0.805. The molecule has 1 aliphatic rings. The molecule has 0 bridgehead atoms. The predicted octanol–water partition coefficient (Wildman–Crippen LogP) is 2.79. The molecule has 6 heteroatoms. The van der Waals surface area contributed by atoms with Crippen molar-refractivity contribution in [1.29, 1.82) is 0 Å². The Hall–Kier alpha value is -2.21. The maximum atomic E-state index is 12.9. The SMILES string of the molecule is C=CC(=O)N1CCN(C(=O)c2ccc3scnc3c2)C[C@@H]1C(C)C. The first kappa shape index (κ1) is 16.6. The van der Waals surface area contributed by atoms with E-state index in [1.165, 1.54) is 6.08 Å². The van der Waals surface area contributed by atoms with Gasteiger partial charge in [-0.15, -0.1) is 11.3 Å². The lowest BCUT2D eigenvalue weighted by atomic mass is 9.98. The second-order valence-electron chi connectivity index (χ2n) is 6.33. The van der Waals surface area contributed by atoms with E-state index in [0.29, 0.717) is 25.2 Å². The number of thiazole rings is 1. The average molecular weight is 343 g/mol. The largest absolute Gasteiger partial charge is 0.335 e. The number of carbonyl (C=O) groups is 2. The van der Waals surface area contributed by atoms with Gasteiger partial charge in [-0.1, -0.05) is 20.4 Å². The van der Waals surface area contributed by atoms with Gasteiger partial charge in [-0.25, -0.2) is 4.98 Å². The zero-order chi connectivity index (χ0) is 17.3. The van der Waals surface area contributed by atoms with Gasteiger partial charge in [-0.3, -0.25) is 9.59 Å². The lowest BCUT2D eigenvalue weighted by molar-refractivity contribution is -0.131. The maximum absolute atomic E-state index is 12.9. The highest BCUT2D eigenvalue weighted by atomic mass is 32.1. The van der Waals surface area contributed by atoms with E-state index in [1.54, 1.807) is 16.8 Å². The second kappa shape index (κ2) is 6.73. The van der Waals surface area contributed by atoms with Gasteiger partial charge in [0.2, 0.25) is 5.91 Å². The Balaban J connectivity index is 1.80. The van der Waals surface area contributed by atoms with Crippen molar-refractivity contribution in [3.63, 3.8) is 0 Å². The van der Waals surface area contributed by atoms with Gasteiger partial charge in [0.25, 0.3) is 5.91 Å². The van der Waals surface area contributed by atoms with Crippen molar-refractivity contribution in [2.24, 2.45) is 5.92 Å². The molecule has 5 nitrogen and oxygen atoms in total. The summed E-state index contributed by atoms with van der Waals surface area (Å²) in [6, 6.07) is 5.66. The summed E-state index contributed by atoms with van der Waals surface area (Å²) < 4.78 is 1.08. The molecule has 1 atom stereocenters. The van der Waals surface area contributed by atoms with Gasteiger partial charge in [-0.2, -0.15) is 0 Å². The number of hydrogen-bond donors (Lipinski definition) is 0. The third-order valence-electron chi connectivity index (χ3n) is 4.51. The lowest BCUT2D eigenvalue weighted by Crippen LogP contribution is -2.58. The minimum Gasteiger partial charge on any atom is -0.335 e. The minimum atomic E-state index is -0.0651. The highest BCUT2D eigenvalue weighted by Crippen LogP contribution is 2.22. The van der Waals surface area contributed by atoms with Crippen LogP contribution in [0.5, 0.6) is 0 Å². The first-order valence-corrected chi connectivity index (χ1v) is 8.94. The van der Waals surface area contributed by atoms with E-state index in [1.807, 2.05) is 28.0 Å². The Morgan fingerprint density at radius 2 is 2.17 bits per heavy atom. The van der Waals surface area contributed by atoms with E-state index >= 15 is 0 Å². The maximum Gasteiger partial charge on any atom is 0.254 e. The molecule has 1 saturated heterocycles. The van der Waals surface area contributed by atoms with Crippen LogP contribution in [0.3, 0.4) is 0 Å². The molecule has 2 heterocycles. The molecule has 126 valence electrons. The molecule has 24 heavy (non-hydrogen) atoms. The smallest absolute Gasteiger partial charge is 0.254 e. The molecule has 2 aromatic rings. The van der Waals surface area contributed by atoms with Gasteiger partial charge in [0.1, 0.15) is 0 Å². The number of rotatable bonds is 3. The Kier molecular flexibility index (Phi) is 4.66. The third-order valence-corrected chi connectivity index (χ3v) is 5.32. The summed E-state index contributed by atoms with van der Waals surface area (Å²) in [6.07, 6.45) is 1.35. The number of fused-ring (bicyclic) bond motifs is 1. The van der Waals surface area contributed by atoms with E-state index in [-0.39, 0.29) is 23.8 Å². The fourth-order valence-electron chi connectivity index (χ4n) is 3.13. The van der Waals surface area contributed by atoms with Crippen molar-refractivity contribution in [1.82, 2.24) is 14.8 Å². The van der Waals surface area contributed by atoms with Crippen LogP contribution < -0.4 is 0 Å². The van der Waals surface area contributed by atoms with Crippen LogP contribution in [0.25, 0.3) is 10.2 Å². The van der Waals surface area contributed by atoms with E-state index < -0.39 is 0 Å². The molecule has 0 spiro atoms. The summed E-state index contributed by atoms with van der Waals surface area (Å²) in [4.78, 5) is 32.8. The van der Waals surface area contributed by atoms with E-state index in [2.05, 4.69) is 25.4 Å². The van der Waals surface area contributed by atoms with Crippen molar-refractivity contribution in [3.05, 3.63) is 41.9 Å². The Labute approximate surface area is 145 Å². The van der Waals surface area contributed by atoms with Crippen LogP contribution in [0.1, 0.15) is 24.2 Å². The van der Waals surface area contributed by atoms with E-state index in [0.717, 1.165) is 10.2 Å². The molecule has 3 rings (SSSR count). The zero-order valence-corrected chi connectivity index (χ0v) is 14.8. The van der Waals surface area contributed by atoms with Crippen LogP contribution in [0, 0.1) is 5.92 Å². The average Bonchev–Trinajstić information content (AvgIpc) is 3.07. The number of carbonyl (C=O) groups excluding carboxylic acids is 2. The Morgan fingerprint density at radius 1 is 1.38 bits per heavy atom. The monoisotopic (exact) mass is 343 g/mol. The summed E-state index contributed by atoms with van der Waals surface area (Å²) in [5.41, 5.74) is 3.29. The van der Waals surface area contributed by atoms with Crippen LogP contribution >= 0.6 is 11.3 Å². The van der Waals surface area contributed by atoms with Crippen molar-refractivity contribution in [2.75, 3.05) is 19.6 Å². The van der Waals surface area contributed by atoms with Crippen LogP contribution in [0.15, 0.2) is 36.4 Å². The summed E-state index contributed by atoms with van der Waals surface area (Å²) in [6.45, 7) is 9.35. The van der Waals surface area contributed by atoms with Gasteiger partial charge in [-0.05, 0) is 30.2 Å². The van der Waals surface area contributed by atoms with Crippen LogP contribution in [0.4, 0.5) is 0 Å². The third kappa shape index (κ3) is 3.06. The summed E-state index contributed by atoms with van der Waals surface area (Å²) in [5.74, 6) is 0.205. The molecule has 1 fully saturated rings. The number of piperazine rings is 1. The first-order chi connectivity index (χ1) is 11.5. The van der Waals surface area contributed by atoms with Gasteiger partial charge >= 0.3 is 0 Å². The number of nitrogens with zero attached hydrogens (tertiary/aromatic N) is 3. The fraction of sp³-hybridized carbons (Fsp3) is 0.389. The molecule has 1 aromatic heterocycles. The summed E-state index contributed by atoms with van der Waals surface area (Å²) in [7, 11) is 0. The number of aromatic nitrogens is 1. The van der Waals surface area contributed by atoms with E-state index in [9.17, 15) is 9.59 Å². The van der Waals surface area contributed by atoms with Gasteiger partial charge < -0.3 is 9.80 Å². The molecule has 0 aliphatic carbocycles. The molecule has 0 N–H and O–H groups in total. The van der Waals surface area contributed by atoms with Gasteiger partial charge in [0, 0.05) is 25.2 Å². The van der Waals surface area contributed by atoms with E-state index in [4.69, 9.17) is 0 Å². The van der Waals surface area contributed by atoms with Crippen LogP contribution in [0.2, 0.25) is 0 Å². The molecule has 0 saturated carbocycles. The van der Waals surface area contributed by atoms with Crippen LogP contribution in [-0.4, -0.2) is 52.3 Å². The predicted molar refractivity (Wildman–Crippen MR) is 96.1 cm³/mol. The Morgan fingerprint density at radius 3 is 2.88 bits per heavy atom. The minimum absolute atomic E-state index is 0.00116. The Bertz CT molecular complexity index is 783. The van der Waals surface area contributed by atoms with Crippen molar-refractivity contribution in [3.8, 4) is 0 Å². The molecule has 0 radical (unpaired) electrons. The number of amides is 2. The topological polar surface area (TPSA) is 53.5 Å². The van der Waals surface area contributed by atoms with Crippen molar-refractivity contribution in [2.45, 2.75) is 19.9 Å². The van der Waals surface area contributed by atoms with Crippen molar-refractivity contribution >= 4 is 33.4 Å². The van der Waals surface area contributed by atoms with Crippen molar-refractivity contribution < 1.29 is 9.59 Å². The van der Waals surface area contributed by atoms with Gasteiger partial charge in [0.15, 0.2) is 0 Å². The highest BCUT2D eigenvalue weighted by molar-refractivity contribution is 7.16. The number of benzene rings is 1. The molecular formula is C18H21N3O2S. The molecule has 0 unspecified atom stereocenters. The highest BCUT2D eigenvalue weighted by Gasteiger charge is 2.33. The number of hydrogen-bond acceptors (Lipinski definition) is 4. The lowest BCUT2D eigenvalue weighted by Gasteiger charge is -2.43. The molecule has 1 aliphatic heterocycles. The molecule has 1 aromatic carbocycles. The van der Waals surface area contributed by atoms with Gasteiger partial charge in [0.05, 0.1) is 21.8 Å². The molecule has 2 amide bonds. The summed E-state index contributed by atoms with van der Waals surface area (Å²) in [5, 5.41) is 0. The van der Waals surface area contributed by atoms with Crippen LogP contribution in [-0.2, 0) is 4.79 Å². The normalized spacial score (nSPS) is 18.2. The standard InChI is InChI=1S/C18H21N3O2S/c1-4-17(22)21-8-7-20(10-15(21)12(2)3)18(23)13-5-6-16-14(9-13)19-11-24-16/h4-6,9,11-12,15H,1,7-8,10H2,2-3H3/t15-/m1/s1. The zero-order valence-electron chi connectivity index (χ0n) is 13.9. The molecular weight excluding hydrogens is 322 g/mol. The first-order valence-electron chi connectivity index (χ1n) is 8.07. The summed E-state index contributed by atoms with van der Waals surface area (Å²) >= 11 is 1.56.